The molecule has 1 aromatic carbocycles. The zero-order valence-electron chi connectivity index (χ0n) is 14.9. The van der Waals surface area contributed by atoms with E-state index < -0.39 is 27.0 Å². The van der Waals surface area contributed by atoms with Crippen molar-refractivity contribution in [1.29, 1.82) is 0 Å². The van der Waals surface area contributed by atoms with Gasteiger partial charge in [0.05, 0.1) is 28.4 Å². The molecule has 10 heteroatoms. The smallest absolute Gasteiger partial charge is 0.416 e. The van der Waals surface area contributed by atoms with Crippen LogP contribution in [-0.4, -0.2) is 43.3 Å². The van der Waals surface area contributed by atoms with Crippen LogP contribution < -0.4 is 0 Å². The van der Waals surface area contributed by atoms with Crippen molar-refractivity contribution in [3.63, 3.8) is 0 Å². The standard InChI is InChI=1S/C18H19F3N2O4S/c19-18(20,21)14-3-1-2-13(10-14)17(5-7-26-8-6-17)16-23-22-15(27-16)12-4-9-28(24,25)11-12/h1-3,10,12H,4-9,11H2/t12-/m1/s1. The second-order valence-electron chi connectivity index (χ2n) is 7.32. The average molecular weight is 416 g/mol. The molecular formula is C18H19F3N2O4S. The lowest BCUT2D eigenvalue weighted by molar-refractivity contribution is -0.137. The summed E-state index contributed by atoms with van der Waals surface area (Å²) in [7, 11) is -3.12. The predicted molar refractivity (Wildman–Crippen MR) is 92.6 cm³/mol. The highest BCUT2D eigenvalue weighted by Crippen LogP contribution is 2.43. The quantitative estimate of drug-likeness (QED) is 0.765. The number of halogens is 3. The van der Waals surface area contributed by atoms with E-state index in [0.29, 0.717) is 38.0 Å². The van der Waals surface area contributed by atoms with Gasteiger partial charge in [-0.3, -0.25) is 0 Å². The molecule has 1 aromatic heterocycles. The third kappa shape index (κ3) is 3.55. The number of hydrogen-bond acceptors (Lipinski definition) is 6. The van der Waals surface area contributed by atoms with Crippen molar-refractivity contribution in [2.24, 2.45) is 0 Å². The van der Waals surface area contributed by atoms with E-state index in [-0.39, 0.29) is 29.2 Å². The summed E-state index contributed by atoms with van der Waals surface area (Å²) in [5, 5.41) is 8.16. The summed E-state index contributed by atoms with van der Waals surface area (Å²) in [5.74, 6) is 0.101. The summed E-state index contributed by atoms with van der Waals surface area (Å²) in [4.78, 5) is 0. The number of rotatable bonds is 3. The minimum absolute atomic E-state index is 0.0473. The average Bonchev–Trinajstić information content (AvgIpc) is 3.28. The summed E-state index contributed by atoms with van der Waals surface area (Å²) in [6, 6.07) is 5.15. The molecule has 0 N–H and O–H groups in total. The Morgan fingerprint density at radius 2 is 1.89 bits per heavy atom. The van der Waals surface area contributed by atoms with Gasteiger partial charge in [-0.05, 0) is 30.9 Å². The Morgan fingerprint density at radius 3 is 2.54 bits per heavy atom. The number of aromatic nitrogens is 2. The normalized spacial score (nSPS) is 24.3. The van der Waals surface area contributed by atoms with Crippen LogP contribution in [0.2, 0.25) is 0 Å². The van der Waals surface area contributed by atoms with E-state index in [1.165, 1.54) is 6.07 Å². The molecule has 0 aliphatic carbocycles. The third-order valence-electron chi connectivity index (χ3n) is 5.52. The highest BCUT2D eigenvalue weighted by atomic mass is 32.2. The Kier molecular flexibility index (Phi) is 4.73. The largest absolute Gasteiger partial charge is 0.424 e. The van der Waals surface area contributed by atoms with E-state index in [2.05, 4.69) is 10.2 Å². The van der Waals surface area contributed by atoms with Gasteiger partial charge >= 0.3 is 6.18 Å². The van der Waals surface area contributed by atoms with E-state index in [4.69, 9.17) is 9.15 Å². The van der Waals surface area contributed by atoms with Gasteiger partial charge in [-0.15, -0.1) is 10.2 Å². The van der Waals surface area contributed by atoms with Gasteiger partial charge in [0.25, 0.3) is 0 Å². The van der Waals surface area contributed by atoms with Crippen molar-refractivity contribution in [3.8, 4) is 0 Å². The van der Waals surface area contributed by atoms with Gasteiger partial charge in [0, 0.05) is 13.2 Å². The van der Waals surface area contributed by atoms with Crippen molar-refractivity contribution < 1.29 is 30.7 Å². The molecule has 0 radical (unpaired) electrons. The van der Waals surface area contributed by atoms with Crippen molar-refractivity contribution in [3.05, 3.63) is 47.2 Å². The van der Waals surface area contributed by atoms with Crippen LogP contribution in [0.5, 0.6) is 0 Å². The predicted octanol–water partition coefficient (Wildman–Crippen LogP) is 3.09. The maximum Gasteiger partial charge on any atom is 0.416 e. The van der Waals surface area contributed by atoms with E-state index in [1.807, 2.05) is 0 Å². The van der Waals surface area contributed by atoms with Crippen LogP contribution in [0.15, 0.2) is 28.7 Å². The second kappa shape index (κ2) is 6.84. The molecule has 1 atom stereocenters. The number of nitrogens with zero attached hydrogens (tertiary/aromatic N) is 2. The first-order valence-electron chi connectivity index (χ1n) is 8.99. The monoisotopic (exact) mass is 416 g/mol. The summed E-state index contributed by atoms with van der Waals surface area (Å²) in [5.41, 5.74) is -1.18. The molecule has 0 unspecified atom stereocenters. The van der Waals surface area contributed by atoms with Crippen LogP contribution in [0, 0.1) is 0 Å². The Labute approximate surface area is 160 Å². The van der Waals surface area contributed by atoms with Crippen molar-refractivity contribution in [1.82, 2.24) is 10.2 Å². The molecule has 28 heavy (non-hydrogen) atoms. The van der Waals surface area contributed by atoms with E-state index >= 15 is 0 Å². The molecule has 2 aromatic rings. The van der Waals surface area contributed by atoms with E-state index in [0.717, 1.165) is 12.1 Å². The van der Waals surface area contributed by atoms with Gasteiger partial charge in [-0.25, -0.2) is 8.42 Å². The van der Waals surface area contributed by atoms with Crippen LogP contribution >= 0.6 is 0 Å². The molecule has 6 nitrogen and oxygen atoms in total. The first-order valence-corrected chi connectivity index (χ1v) is 10.8. The molecular weight excluding hydrogens is 397 g/mol. The topological polar surface area (TPSA) is 82.3 Å². The summed E-state index contributed by atoms with van der Waals surface area (Å²) in [6.45, 7) is 0.706. The first kappa shape index (κ1) is 19.4. The Bertz CT molecular complexity index is 965. The SMILES string of the molecule is O=S1(=O)CC[C@@H](c2nnc(C3(c4cccc(C(F)(F)F)c4)CCOCC3)o2)C1. The van der Waals surface area contributed by atoms with Gasteiger partial charge < -0.3 is 9.15 Å². The fourth-order valence-corrected chi connectivity index (χ4v) is 5.65. The number of benzene rings is 1. The summed E-state index contributed by atoms with van der Waals surface area (Å²) in [6.07, 6.45) is -3.25. The van der Waals surface area contributed by atoms with Crippen LogP contribution in [0.25, 0.3) is 0 Å². The fourth-order valence-electron chi connectivity index (χ4n) is 3.92. The van der Waals surface area contributed by atoms with Gasteiger partial charge in [0.15, 0.2) is 9.84 Å². The molecule has 2 aliphatic rings. The molecule has 0 bridgehead atoms. The van der Waals surface area contributed by atoms with Gasteiger partial charge in [0.2, 0.25) is 11.8 Å². The van der Waals surface area contributed by atoms with Crippen molar-refractivity contribution >= 4 is 9.84 Å². The van der Waals surface area contributed by atoms with Crippen molar-refractivity contribution in [2.75, 3.05) is 24.7 Å². The van der Waals surface area contributed by atoms with E-state index in [1.54, 1.807) is 6.07 Å². The Morgan fingerprint density at radius 1 is 1.14 bits per heavy atom. The highest BCUT2D eigenvalue weighted by Gasteiger charge is 2.44. The van der Waals surface area contributed by atoms with Gasteiger partial charge in [-0.1, -0.05) is 18.2 Å². The zero-order chi connectivity index (χ0) is 20.0. The van der Waals surface area contributed by atoms with Crippen molar-refractivity contribution in [2.45, 2.75) is 36.8 Å². The fraction of sp³-hybridized carbons (Fsp3) is 0.556. The molecule has 0 spiro atoms. The van der Waals surface area contributed by atoms with Gasteiger partial charge in [0.1, 0.15) is 0 Å². The van der Waals surface area contributed by atoms with Crippen LogP contribution in [0.4, 0.5) is 13.2 Å². The summed E-state index contributed by atoms with van der Waals surface area (Å²) < 4.78 is 74.4. The number of sulfone groups is 1. The molecule has 2 fully saturated rings. The highest BCUT2D eigenvalue weighted by molar-refractivity contribution is 7.91. The molecule has 152 valence electrons. The molecule has 0 amide bonds. The van der Waals surface area contributed by atoms with Crippen LogP contribution in [0.1, 0.15) is 48.1 Å². The van der Waals surface area contributed by atoms with Crippen LogP contribution in [0.3, 0.4) is 0 Å². The molecule has 3 heterocycles. The molecule has 0 saturated carbocycles. The number of hydrogen-bond donors (Lipinski definition) is 0. The molecule has 2 aliphatic heterocycles. The Hall–Kier alpha value is -1.94. The molecule has 2 saturated heterocycles. The number of ether oxygens (including phenoxy) is 1. The maximum atomic E-state index is 13.2. The number of alkyl halides is 3. The third-order valence-corrected chi connectivity index (χ3v) is 7.29. The van der Waals surface area contributed by atoms with Crippen LogP contribution in [-0.2, 0) is 26.2 Å². The lowest BCUT2D eigenvalue weighted by Crippen LogP contribution is -2.35. The maximum absolute atomic E-state index is 13.2. The zero-order valence-corrected chi connectivity index (χ0v) is 15.7. The minimum Gasteiger partial charge on any atom is -0.424 e. The lowest BCUT2D eigenvalue weighted by atomic mass is 9.73. The van der Waals surface area contributed by atoms with E-state index in [9.17, 15) is 21.6 Å². The van der Waals surface area contributed by atoms with Gasteiger partial charge in [-0.2, -0.15) is 13.2 Å². The first-order chi connectivity index (χ1) is 13.2. The summed E-state index contributed by atoms with van der Waals surface area (Å²) >= 11 is 0. The lowest BCUT2D eigenvalue weighted by Gasteiger charge is -2.34. The second-order valence-corrected chi connectivity index (χ2v) is 9.55. The Balaban J connectivity index is 1.73. The molecule has 4 rings (SSSR count). The minimum atomic E-state index is -4.46.